The molecule has 3 heteroatoms. The van der Waals surface area contributed by atoms with Gasteiger partial charge in [0.2, 0.25) is 0 Å². The van der Waals surface area contributed by atoms with E-state index in [-0.39, 0.29) is 17.8 Å². The van der Waals surface area contributed by atoms with Crippen molar-refractivity contribution in [1.82, 2.24) is 0 Å². The van der Waals surface area contributed by atoms with Crippen LogP contribution in [-0.2, 0) is 5.41 Å². The number of Topliss-reactive ketones (excluding diaryl/α,β-unsaturated/α-hetero) is 1. The van der Waals surface area contributed by atoms with Crippen LogP contribution in [0, 0.1) is 12.3 Å². The average Bonchev–Trinajstić information content (AvgIpc) is 2.55. The Morgan fingerprint density at radius 1 is 1.39 bits per heavy atom. The Morgan fingerprint density at radius 3 is 2.72 bits per heavy atom. The first-order chi connectivity index (χ1) is 8.49. The molecule has 18 heavy (non-hydrogen) atoms. The van der Waals surface area contributed by atoms with Crippen LogP contribution in [0.3, 0.4) is 0 Å². The number of carbonyl (C=O) groups is 1. The molecule has 1 aromatic rings. The predicted octanol–water partition coefficient (Wildman–Crippen LogP) is 2.57. The number of carbonyl (C=O) groups excluding carboxylic acids is 1. The lowest BCUT2D eigenvalue weighted by Crippen LogP contribution is -2.12. The minimum absolute atomic E-state index is 0.142. The molecule has 0 atom stereocenters. The third-order valence-electron chi connectivity index (χ3n) is 3.25. The molecule has 0 N–H and O–H groups in total. The summed E-state index contributed by atoms with van der Waals surface area (Å²) < 4.78 is 10.7. The van der Waals surface area contributed by atoms with Crippen LogP contribution in [0.4, 0.5) is 0 Å². The van der Waals surface area contributed by atoms with Crippen LogP contribution in [-0.4, -0.2) is 19.5 Å². The van der Waals surface area contributed by atoms with Crippen LogP contribution < -0.4 is 9.47 Å². The van der Waals surface area contributed by atoms with Crippen molar-refractivity contribution in [1.29, 1.82) is 0 Å². The average molecular weight is 244 g/mol. The van der Waals surface area contributed by atoms with Gasteiger partial charge in [0, 0.05) is 12.0 Å². The van der Waals surface area contributed by atoms with E-state index in [2.05, 4.69) is 19.8 Å². The second kappa shape index (κ2) is 4.38. The van der Waals surface area contributed by atoms with E-state index in [0.717, 1.165) is 5.56 Å². The lowest BCUT2D eigenvalue weighted by Gasteiger charge is -2.19. The van der Waals surface area contributed by atoms with Gasteiger partial charge in [-0.2, -0.15) is 0 Å². The minimum atomic E-state index is -0.148. The third-order valence-corrected chi connectivity index (χ3v) is 3.25. The highest BCUT2D eigenvalue weighted by Crippen LogP contribution is 2.43. The predicted molar refractivity (Wildman–Crippen MR) is 69.3 cm³/mol. The van der Waals surface area contributed by atoms with E-state index in [0.29, 0.717) is 23.5 Å². The normalized spacial score (nSPS) is 16.0. The molecular formula is C15H16O3. The first kappa shape index (κ1) is 12.5. The molecule has 0 unspecified atom stereocenters. The van der Waals surface area contributed by atoms with Gasteiger partial charge in [-0.1, -0.05) is 19.8 Å². The van der Waals surface area contributed by atoms with Gasteiger partial charge in [0.1, 0.15) is 6.61 Å². The second-order valence-corrected chi connectivity index (χ2v) is 5.03. The number of ketones is 1. The zero-order valence-corrected chi connectivity index (χ0v) is 10.9. The Morgan fingerprint density at radius 2 is 2.11 bits per heavy atom. The van der Waals surface area contributed by atoms with Crippen molar-refractivity contribution in [2.45, 2.75) is 25.7 Å². The van der Waals surface area contributed by atoms with Gasteiger partial charge in [-0.15, -0.1) is 6.42 Å². The number of hydrogen-bond acceptors (Lipinski definition) is 3. The molecule has 0 radical (unpaired) electrons. The molecule has 0 heterocycles. The summed E-state index contributed by atoms with van der Waals surface area (Å²) in [5.41, 5.74) is 1.58. The molecule has 0 spiro atoms. The maximum Gasteiger partial charge on any atom is 0.164 e. The summed E-state index contributed by atoms with van der Waals surface area (Å²) in [5, 5.41) is 0. The Labute approximate surface area is 107 Å². The van der Waals surface area contributed by atoms with Crippen molar-refractivity contribution in [3.63, 3.8) is 0 Å². The van der Waals surface area contributed by atoms with E-state index in [1.165, 1.54) is 0 Å². The molecule has 1 aliphatic rings. The summed E-state index contributed by atoms with van der Waals surface area (Å²) in [5.74, 6) is 3.69. The molecule has 0 fully saturated rings. The maximum absolute atomic E-state index is 12.0. The Bertz CT molecular complexity index is 535. The molecular weight excluding hydrogens is 228 g/mol. The Kier molecular flexibility index (Phi) is 3.04. The molecule has 0 aromatic heterocycles. The summed E-state index contributed by atoms with van der Waals surface area (Å²) >= 11 is 0. The molecule has 1 aliphatic carbocycles. The van der Waals surface area contributed by atoms with Gasteiger partial charge in [-0.25, -0.2) is 0 Å². The van der Waals surface area contributed by atoms with Gasteiger partial charge in [0.25, 0.3) is 0 Å². The molecule has 1 aromatic carbocycles. The second-order valence-electron chi connectivity index (χ2n) is 5.03. The number of benzene rings is 1. The van der Waals surface area contributed by atoms with Crippen LogP contribution in [0.5, 0.6) is 11.5 Å². The summed E-state index contributed by atoms with van der Waals surface area (Å²) in [6, 6.07) is 3.62. The summed E-state index contributed by atoms with van der Waals surface area (Å²) in [6.07, 6.45) is 5.69. The Hall–Kier alpha value is -1.95. The number of terminal acetylenes is 1. The fourth-order valence-electron chi connectivity index (χ4n) is 2.33. The van der Waals surface area contributed by atoms with Crippen molar-refractivity contribution in [3.05, 3.63) is 23.3 Å². The fourth-order valence-corrected chi connectivity index (χ4v) is 2.33. The highest BCUT2D eigenvalue weighted by Gasteiger charge is 2.37. The Balaban J connectivity index is 2.51. The standard InChI is InChI=1S/C15H16O3/c1-5-6-18-14-7-10-11(8-13(14)17-4)15(2,3)9-12(10)16/h1,7-8H,6,9H2,2-4H3. The van der Waals surface area contributed by atoms with E-state index >= 15 is 0 Å². The first-order valence-electron chi connectivity index (χ1n) is 5.81. The summed E-state index contributed by atoms with van der Waals surface area (Å²) in [4.78, 5) is 12.0. The lowest BCUT2D eigenvalue weighted by molar-refractivity contribution is 0.0979. The topological polar surface area (TPSA) is 35.5 Å². The van der Waals surface area contributed by atoms with Crippen molar-refractivity contribution >= 4 is 5.78 Å². The van der Waals surface area contributed by atoms with E-state index in [4.69, 9.17) is 15.9 Å². The summed E-state index contributed by atoms with van der Waals surface area (Å²) in [7, 11) is 1.58. The van der Waals surface area contributed by atoms with Gasteiger partial charge in [-0.05, 0) is 23.1 Å². The van der Waals surface area contributed by atoms with Crippen LogP contribution in [0.2, 0.25) is 0 Å². The van der Waals surface area contributed by atoms with Crippen LogP contribution in [0.15, 0.2) is 12.1 Å². The molecule has 3 nitrogen and oxygen atoms in total. The highest BCUT2D eigenvalue weighted by atomic mass is 16.5. The lowest BCUT2D eigenvalue weighted by atomic mass is 9.86. The maximum atomic E-state index is 12.0. The fraction of sp³-hybridized carbons (Fsp3) is 0.400. The van der Waals surface area contributed by atoms with Crippen LogP contribution in [0.1, 0.15) is 36.2 Å². The van der Waals surface area contributed by atoms with Crippen LogP contribution >= 0.6 is 0 Å². The smallest absolute Gasteiger partial charge is 0.164 e. The highest BCUT2D eigenvalue weighted by molar-refractivity contribution is 6.02. The van der Waals surface area contributed by atoms with E-state index in [1.54, 1.807) is 13.2 Å². The van der Waals surface area contributed by atoms with Gasteiger partial charge in [0.05, 0.1) is 7.11 Å². The zero-order valence-electron chi connectivity index (χ0n) is 10.9. The van der Waals surface area contributed by atoms with Gasteiger partial charge < -0.3 is 9.47 Å². The van der Waals surface area contributed by atoms with E-state index < -0.39 is 0 Å². The van der Waals surface area contributed by atoms with E-state index in [9.17, 15) is 4.79 Å². The molecule has 0 amide bonds. The number of ether oxygens (including phenoxy) is 2. The van der Waals surface area contributed by atoms with Gasteiger partial charge in [0.15, 0.2) is 17.3 Å². The van der Waals surface area contributed by atoms with Crippen LogP contribution in [0.25, 0.3) is 0 Å². The SMILES string of the molecule is C#CCOc1cc2c(cc1OC)C(C)(C)CC2=O. The molecule has 0 aliphatic heterocycles. The molecule has 94 valence electrons. The zero-order chi connectivity index (χ0) is 13.3. The number of hydrogen-bond donors (Lipinski definition) is 0. The number of rotatable bonds is 3. The number of fused-ring (bicyclic) bond motifs is 1. The molecule has 0 saturated heterocycles. The first-order valence-corrected chi connectivity index (χ1v) is 5.81. The molecule has 0 bridgehead atoms. The van der Waals surface area contributed by atoms with Crippen molar-refractivity contribution in [2.75, 3.05) is 13.7 Å². The quantitative estimate of drug-likeness (QED) is 0.767. The van der Waals surface area contributed by atoms with Crippen molar-refractivity contribution in [2.24, 2.45) is 0 Å². The summed E-state index contributed by atoms with van der Waals surface area (Å²) in [6.45, 7) is 4.27. The van der Waals surface area contributed by atoms with Gasteiger partial charge >= 0.3 is 0 Å². The largest absolute Gasteiger partial charge is 0.493 e. The van der Waals surface area contributed by atoms with Crippen molar-refractivity contribution in [3.8, 4) is 23.8 Å². The van der Waals surface area contributed by atoms with Crippen molar-refractivity contribution < 1.29 is 14.3 Å². The van der Waals surface area contributed by atoms with E-state index in [1.807, 2.05) is 6.07 Å². The monoisotopic (exact) mass is 244 g/mol. The third kappa shape index (κ3) is 1.95. The minimum Gasteiger partial charge on any atom is -0.493 e. The van der Waals surface area contributed by atoms with Gasteiger partial charge in [-0.3, -0.25) is 4.79 Å². The molecule has 2 rings (SSSR count). The number of methoxy groups -OCH3 is 1. The molecule has 0 saturated carbocycles.